The van der Waals surface area contributed by atoms with Crippen LogP contribution in [-0.4, -0.2) is 38.0 Å². The Balaban J connectivity index is 1.52. The van der Waals surface area contributed by atoms with Gasteiger partial charge in [-0.05, 0) is 36.1 Å². The van der Waals surface area contributed by atoms with Crippen LogP contribution in [0.25, 0.3) is 5.65 Å². The molecule has 3 atom stereocenters. The van der Waals surface area contributed by atoms with Gasteiger partial charge in [-0.2, -0.15) is 0 Å². The maximum atomic E-state index is 14.0. The van der Waals surface area contributed by atoms with E-state index in [1.165, 1.54) is 0 Å². The summed E-state index contributed by atoms with van der Waals surface area (Å²) in [6.07, 6.45) is 8.94. The summed E-state index contributed by atoms with van der Waals surface area (Å²) in [5.74, 6) is -2.50. The fourth-order valence-electron chi connectivity index (χ4n) is 5.28. The van der Waals surface area contributed by atoms with E-state index >= 15 is 0 Å². The van der Waals surface area contributed by atoms with E-state index in [9.17, 15) is 14.7 Å². The molecular weight excluding hydrogens is 432 g/mol. The fourth-order valence-corrected chi connectivity index (χ4v) is 5.28. The van der Waals surface area contributed by atoms with E-state index in [2.05, 4.69) is 10.3 Å². The maximum absolute atomic E-state index is 14.0. The van der Waals surface area contributed by atoms with Gasteiger partial charge in [0, 0.05) is 41.3 Å². The zero-order chi connectivity index (χ0) is 23.8. The zero-order valence-corrected chi connectivity index (χ0v) is 18.8. The van der Waals surface area contributed by atoms with Crippen LogP contribution in [0.15, 0.2) is 72.2 Å². The van der Waals surface area contributed by atoms with Crippen molar-refractivity contribution in [3.63, 3.8) is 0 Å². The van der Waals surface area contributed by atoms with Crippen LogP contribution in [0.1, 0.15) is 47.7 Å². The Bertz CT molecular complexity index is 1450. The standard InChI is InChI=1S/C26H24N4O4/c1-14(2)15-6-8-17-20(12-15)34-26(33)18-4-3-5-19(27)22(18)23(31)25(17,26)29-24(32)16-7-9-21-28-10-11-30(21)13-16/h3-4,6-14,19,33H,5,27H2,1-2H3,(H,29,32). The van der Waals surface area contributed by atoms with Gasteiger partial charge in [-0.25, -0.2) is 4.98 Å². The highest BCUT2D eigenvalue weighted by Gasteiger charge is 2.72. The van der Waals surface area contributed by atoms with Gasteiger partial charge in [-0.3, -0.25) is 9.59 Å². The van der Waals surface area contributed by atoms with E-state index in [0.29, 0.717) is 34.5 Å². The third-order valence-electron chi connectivity index (χ3n) is 7.08. The van der Waals surface area contributed by atoms with Gasteiger partial charge < -0.3 is 25.3 Å². The molecule has 0 bridgehead atoms. The summed E-state index contributed by atoms with van der Waals surface area (Å²) in [6, 6.07) is 8.22. The van der Waals surface area contributed by atoms with Crippen molar-refractivity contribution in [3.8, 4) is 5.75 Å². The predicted octanol–water partition coefficient (Wildman–Crippen LogP) is 2.33. The molecule has 0 spiro atoms. The number of carbonyl (C=O) groups excluding carboxylic acids is 2. The molecule has 8 nitrogen and oxygen atoms in total. The second-order valence-corrected chi connectivity index (χ2v) is 9.37. The van der Waals surface area contributed by atoms with E-state index in [4.69, 9.17) is 10.5 Å². The lowest BCUT2D eigenvalue weighted by Crippen LogP contribution is -2.63. The number of nitrogens with zero attached hydrogens (tertiary/aromatic N) is 2. The predicted molar refractivity (Wildman–Crippen MR) is 124 cm³/mol. The highest BCUT2D eigenvalue weighted by Crippen LogP contribution is 2.57. The average Bonchev–Trinajstić information content (AvgIpc) is 3.43. The number of nitrogens with one attached hydrogen (secondary N) is 1. The van der Waals surface area contributed by atoms with Crippen LogP contribution < -0.4 is 15.8 Å². The van der Waals surface area contributed by atoms with Gasteiger partial charge >= 0.3 is 0 Å². The molecule has 3 aromatic rings. The summed E-state index contributed by atoms with van der Waals surface area (Å²) in [7, 11) is 0. The molecule has 2 aromatic heterocycles. The Morgan fingerprint density at radius 1 is 1.32 bits per heavy atom. The molecule has 34 heavy (non-hydrogen) atoms. The van der Waals surface area contributed by atoms with Crippen LogP contribution in [0.5, 0.6) is 5.75 Å². The quantitative estimate of drug-likeness (QED) is 0.557. The second-order valence-electron chi connectivity index (χ2n) is 9.37. The van der Waals surface area contributed by atoms with Gasteiger partial charge in [0.15, 0.2) is 5.78 Å². The largest absolute Gasteiger partial charge is 0.454 e. The summed E-state index contributed by atoms with van der Waals surface area (Å²) in [5.41, 5.74) is 7.42. The maximum Gasteiger partial charge on any atom is 0.270 e. The Hall–Kier alpha value is -3.75. The van der Waals surface area contributed by atoms with Crippen molar-refractivity contribution >= 4 is 17.3 Å². The van der Waals surface area contributed by atoms with Gasteiger partial charge in [0.1, 0.15) is 11.4 Å². The van der Waals surface area contributed by atoms with Crippen molar-refractivity contribution in [2.45, 2.75) is 43.6 Å². The summed E-state index contributed by atoms with van der Waals surface area (Å²) in [5, 5.41) is 14.9. The number of aromatic nitrogens is 2. The third-order valence-corrected chi connectivity index (χ3v) is 7.08. The normalized spacial score (nSPS) is 27.1. The van der Waals surface area contributed by atoms with Gasteiger partial charge in [0.25, 0.3) is 11.7 Å². The molecule has 0 fully saturated rings. The molecule has 2 aliphatic carbocycles. The number of pyridine rings is 1. The van der Waals surface area contributed by atoms with E-state index < -0.39 is 29.1 Å². The van der Waals surface area contributed by atoms with Gasteiger partial charge in [-0.1, -0.05) is 38.1 Å². The molecule has 1 aromatic carbocycles. The number of ether oxygens (including phenoxy) is 1. The number of benzene rings is 1. The minimum atomic E-state index is -2.11. The minimum absolute atomic E-state index is 0.213. The molecule has 3 aliphatic rings. The van der Waals surface area contributed by atoms with E-state index in [0.717, 1.165) is 5.56 Å². The van der Waals surface area contributed by atoms with Crippen LogP contribution in [0.3, 0.4) is 0 Å². The lowest BCUT2D eigenvalue weighted by Gasteiger charge is -2.35. The van der Waals surface area contributed by atoms with Crippen molar-refractivity contribution < 1.29 is 19.4 Å². The summed E-state index contributed by atoms with van der Waals surface area (Å²) in [6.45, 7) is 4.09. The minimum Gasteiger partial charge on any atom is -0.454 e. The monoisotopic (exact) mass is 456 g/mol. The van der Waals surface area contributed by atoms with E-state index in [1.54, 1.807) is 47.3 Å². The number of amides is 1. The number of fused-ring (bicyclic) bond motifs is 5. The number of nitrogens with two attached hydrogens (primary N) is 1. The SMILES string of the molecule is CC(C)c1ccc2c(c1)OC1(O)C3=C(C(=O)C21NC(=O)c1ccc2nccn2c1)C(N)CC=C3. The summed E-state index contributed by atoms with van der Waals surface area (Å²) >= 11 is 0. The summed E-state index contributed by atoms with van der Waals surface area (Å²) < 4.78 is 7.85. The number of hydrogen-bond donors (Lipinski definition) is 3. The Morgan fingerprint density at radius 3 is 2.94 bits per heavy atom. The molecule has 1 aliphatic heterocycles. The average molecular weight is 457 g/mol. The first-order valence-electron chi connectivity index (χ1n) is 11.3. The smallest absolute Gasteiger partial charge is 0.270 e. The molecule has 0 saturated heterocycles. The first-order valence-corrected chi connectivity index (χ1v) is 11.3. The van der Waals surface area contributed by atoms with Crippen molar-refractivity contribution in [1.82, 2.24) is 14.7 Å². The number of ketones is 1. The molecule has 1 amide bonds. The molecule has 3 unspecified atom stereocenters. The summed E-state index contributed by atoms with van der Waals surface area (Å²) in [4.78, 5) is 31.8. The van der Waals surface area contributed by atoms with Crippen molar-refractivity contribution in [2.24, 2.45) is 5.73 Å². The number of aliphatic hydroxyl groups is 1. The second kappa shape index (κ2) is 6.88. The molecule has 172 valence electrons. The Kier molecular flexibility index (Phi) is 4.21. The third kappa shape index (κ3) is 2.52. The lowest BCUT2D eigenvalue weighted by atomic mass is 9.80. The number of imidazole rings is 1. The number of rotatable bonds is 3. The number of carbonyl (C=O) groups is 2. The van der Waals surface area contributed by atoms with Gasteiger partial charge in [-0.15, -0.1) is 0 Å². The van der Waals surface area contributed by atoms with Crippen molar-refractivity contribution in [2.75, 3.05) is 0 Å². The zero-order valence-electron chi connectivity index (χ0n) is 18.8. The molecule has 0 saturated carbocycles. The van der Waals surface area contributed by atoms with E-state index in [1.807, 2.05) is 32.1 Å². The number of Topliss-reactive ketones (excluding diaryl/α,β-unsaturated/α-hetero) is 1. The van der Waals surface area contributed by atoms with Crippen LogP contribution in [-0.2, 0) is 10.3 Å². The first kappa shape index (κ1) is 20.8. The lowest BCUT2D eigenvalue weighted by molar-refractivity contribution is -0.154. The van der Waals surface area contributed by atoms with Crippen LogP contribution in [0, 0.1) is 0 Å². The van der Waals surface area contributed by atoms with Crippen molar-refractivity contribution in [3.05, 3.63) is 88.9 Å². The Morgan fingerprint density at radius 2 is 2.15 bits per heavy atom. The molecule has 6 rings (SSSR count). The molecule has 3 heterocycles. The fraction of sp³-hybridized carbons (Fsp3) is 0.269. The number of hydrogen-bond acceptors (Lipinski definition) is 6. The van der Waals surface area contributed by atoms with Crippen molar-refractivity contribution in [1.29, 1.82) is 0 Å². The van der Waals surface area contributed by atoms with E-state index in [-0.39, 0.29) is 11.5 Å². The van der Waals surface area contributed by atoms with Gasteiger partial charge in [0.05, 0.1) is 5.56 Å². The van der Waals surface area contributed by atoms with Crippen LogP contribution in [0.4, 0.5) is 0 Å². The molecular formula is C26H24N4O4. The topological polar surface area (TPSA) is 119 Å². The highest BCUT2D eigenvalue weighted by molar-refractivity contribution is 6.14. The highest BCUT2D eigenvalue weighted by atomic mass is 16.6. The Labute approximate surface area is 195 Å². The first-order chi connectivity index (χ1) is 16.3. The molecule has 4 N–H and O–H groups in total. The van der Waals surface area contributed by atoms with Crippen LogP contribution >= 0.6 is 0 Å². The molecule has 8 heteroatoms. The van der Waals surface area contributed by atoms with Gasteiger partial charge in [0.2, 0.25) is 5.54 Å². The van der Waals surface area contributed by atoms with Crippen LogP contribution in [0.2, 0.25) is 0 Å². The molecule has 0 radical (unpaired) electrons.